The SMILES string of the molecule is CNCCCNCc1ccc(OCc2ccc(Cl)nc2)c(OC)c1.[Cl-].[Cl-]. The third kappa shape index (κ3) is 8.43. The van der Waals surface area contributed by atoms with E-state index in [0.29, 0.717) is 17.5 Å². The lowest BCUT2D eigenvalue weighted by Crippen LogP contribution is -3.00. The molecule has 0 aliphatic heterocycles. The van der Waals surface area contributed by atoms with Gasteiger partial charge in [0.25, 0.3) is 0 Å². The van der Waals surface area contributed by atoms with E-state index < -0.39 is 0 Å². The number of hydrogen-bond donors (Lipinski definition) is 2. The molecule has 0 atom stereocenters. The minimum Gasteiger partial charge on any atom is -1.00 e. The normalized spacial score (nSPS) is 9.81. The van der Waals surface area contributed by atoms with Crippen LogP contribution in [0.3, 0.4) is 0 Å². The second kappa shape index (κ2) is 13.9. The van der Waals surface area contributed by atoms with Crippen LogP contribution in [-0.4, -0.2) is 32.2 Å². The fourth-order valence-corrected chi connectivity index (χ4v) is 2.33. The van der Waals surface area contributed by atoms with Gasteiger partial charge in [0.05, 0.1) is 7.11 Å². The first kappa shape index (κ1) is 24.8. The smallest absolute Gasteiger partial charge is 0.161 e. The van der Waals surface area contributed by atoms with Gasteiger partial charge < -0.3 is 44.9 Å². The van der Waals surface area contributed by atoms with E-state index in [1.165, 1.54) is 0 Å². The summed E-state index contributed by atoms with van der Waals surface area (Å²) in [5.41, 5.74) is 2.12. The minimum atomic E-state index is 0. The Bertz CT molecular complexity index is 628. The summed E-state index contributed by atoms with van der Waals surface area (Å²) < 4.78 is 11.3. The van der Waals surface area contributed by atoms with Crippen LogP contribution in [0.5, 0.6) is 11.5 Å². The molecule has 0 spiro atoms. The van der Waals surface area contributed by atoms with Gasteiger partial charge in [-0.1, -0.05) is 23.7 Å². The molecular weight excluding hydrogens is 397 g/mol. The van der Waals surface area contributed by atoms with Crippen molar-refractivity contribution in [2.45, 2.75) is 19.6 Å². The van der Waals surface area contributed by atoms with E-state index in [-0.39, 0.29) is 24.8 Å². The molecule has 0 saturated heterocycles. The Morgan fingerprint density at radius 2 is 1.81 bits per heavy atom. The highest BCUT2D eigenvalue weighted by atomic mass is 35.5. The summed E-state index contributed by atoms with van der Waals surface area (Å²) in [6, 6.07) is 9.63. The van der Waals surface area contributed by atoms with E-state index in [1.807, 2.05) is 31.3 Å². The van der Waals surface area contributed by atoms with Gasteiger partial charge in [-0.2, -0.15) is 0 Å². The number of aromatic nitrogens is 1. The fourth-order valence-electron chi connectivity index (χ4n) is 2.22. The zero-order valence-electron chi connectivity index (χ0n) is 14.9. The quantitative estimate of drug-likeness (QED) is 0.318. The topological polar surface area (TPSA) is 55.4 Å². The third-order valence-corrected chi connectivity index (χ3v) is 3.74. The van der Waals surface area contributed by atoms with Gasteiger partial charge in [-0.25, -0.2) is 4.98 Å². The standard InChI is InChI=1S/C18H24ClN3O2.2ClH/c1-20-8-3-9-21-11-14-4-6-16(17(10-14)23-2)24-13-15-5-7-18(19)22-12-15;;/h4-7,10,12,20-21H,3,8-9,11,13H2,1-2H3;2*1H/p-2. The molecule has 0 unspecified atom stereocenters. The van der Waals surface area contributed by atoms with Crippen molar-refractivity contribution in [2.24, 2.45) is 0 Å². The van der Waals surface area contributed by atoms with E-state index in [2.05, 4.69) is 15.6 Å². The first-order valence-corrected chi connectivity index (χ1v) is 8.36. The van der Waals surface area contributed by atoms with E-state index in [9.17, 15) is 0 Å². The first-order valence-electron chi connectivity index (χ1n) is 7.98. The lowest BCUT2D eigenvalue weighted by atomic mass is 10.2. The van der Waals surface area contributed by atoms with Gasteiger partial charge in [0, 0.05) is 18.3 Å². The molecule has 0 bridgehead atoms. The number of ether oxygens (including phenoxy) is 2. The lowest BCUT2D eigenvalue weighted by molar-refractivity contribution is -0.001000. The number of halogens is 3. The summed E-state index contributed by atoms with van der Waals surface area (Å²) in [4.78, 5) is 4.04. The maximum atomic E-state index is 5.83. The summed E-state index contributed by atoms with van der Waals surface area (Å²) in [5.74, 6) is 1.44. The van der Waals surface area contributed by atoms with E-state index in [4.69, 9.17) is 21.1 Å². The Labute approximate surface area is 172 Å². The summed E-state index contributed by atoms with van der Waals surface area (Å²) >= 11 is 5.78. The highest BCUT2D eigenvalue weighted by Crippen LogP contribution is 2.28. The molecule has 2 aromatic rings. The van der Waals surface area contributed by atoms with Gasteiger partial charge in [-0.05, 0) is 50.3 Å². The predicted molar refractivity (Wildman–Crippen MR) is 96.8 cm³/mol. The molecule has 2 N–H and O–H groups in total. The summed E-state index contributed by atoms with van der Waals surface area (Å²) in [5, 5.41) is 7.02. The second-order valence-electron chi connectivity index (χ2n) is 5.40. The number of pyridine rings is 1. The molecule has 0 saturated carbocycles. The Hall–Kier alpha value is -1.24. The molecular formula is C18H24Cl3N3O2-2. The van der Waals surface area contributed by atoms with Crippen molar-refractivity contribution in [1.29, 1.82) is 0 Å². The summed E-state index contributed by atoms with van der Waals surface area (Å²) in [6.07, 6.45) is 2.81. The van der Waals surface area contributed by atoms with Gasteiger partial charge in [-0.15, -0.1) is 0 Å². The Balaban J connectivity index is 0.00000312. The van der Waals surface area contributed by atoms with Gasteiger partial charge in [-0.3, -0.25) is 0 Å². The van der Waals surface area contributed by atoms with Crippen molar-refractivity contribution in [2.75, 3.05) is 27.2 Å². The van der Waals surface area contributed by atoms with Crippen molar-refractivity contribution in [1.82, 2.24) is 15.6 Å². The number of nitrogens with zero attached hydrogens (tertiary/aromatic N) is 1. The molecule has 5 nitrogen and oxygen atoms in total. The van der Waals surface area contributed by atoms with E-state index >= 15 is 0 Å². The maximum Gasteiger partial charge on any atom is 0.161 e. The number of methoxy groups -OCH3 is 1. The molecule has 0 fully saturated rings. The number of hydrogen-bond acceptors (Lipinski definition) is 5. The van der Waals surface area contributed by atoms with Crippen LogP contribution in [0, 0.1) is 0 Å². The van der Waals surface area contributed by atoms with Crippen LogP contribution in [0.1, 0.15) is 17.5 Å². The number of nitrogens with one attached hydrogen (secondary N) is 2. The molecule has 0 radical (unpaired) electrons. The third-order valence-electron chi connectivity index (χ3n) is 3.52. The zero-order chi connectivity index (χ0) is 17.2. The average Bonchev–Trinajstić information content (AvgIpc) is 2.61. The Kier molecular flexibility index (Phi) is 13.2. The number of benzene rings is 1. The molecule has 26 heavy (non-hydrogen) atoms. The molecule has 8 heteroatoms. The van der Waals surface area contributed by atoms with Crippen LogP contribution in [0.15, 0.2) is 36.5 Å². The molecule has 0 aliphatic carbocycles. The van der Waals surface area contributed by atoms with Gasteiger partial charge >= 0.3 is 0 Å². The van der Waals surface area contributed by atoms with E-state index in [1.54, 1.807) is 19.4 Å². The van der Waals surface area contributed by atoms with Crippen LogP contribution in [0.4, 0.5) is 0 Å². The van der Waals surface area contributed by atoms with Crippen LogP contribution in [-0.2, 0) is 13.2 Å². The van der Waals surface area contributed by atoms with Gasteiger partial charge in [0.1, 0.15) is 11.8 Å². The maximum absolute atomic E-state index is 5.83. The molecule has 1 heterocycles. The van der Waals surface area contributed by atoms with Crippen LogP contribution in [0.25, 0.3) is 0 Å². The molecule has 0 amide bonds. The highest BCUT2D eigenvalue weighted by Gasteiger charge is 2.06. The highest BCUT2D eigenvalue weighted by molar-refractivity contribution is 6.29. The van der Waals surface area contributed by atoms with Crippen LogP contribution >= 0.6 is 11.6 Å². The average molecular weight is 421 g/mol. The summed E-state index contributed by atoms with van der Waals surface area (Å²) in [6.45, 7) is 3.22. The van der Waals surface area contributed by atoms with Crippen molar-refractivity contribution in [3.8, 4) is 11.5 Å². The molecule has 146 valence electrons. The Morgan fingerprint density at radius 3 is 2.46 bits per heavy atom. The second-order valence-corrected chi connectivity index (χ2v) is 5.78. The Morgan fingerprint density at radius 1 is 1.04 bits per heavy atom. The van der Waals surface area contributed by atoms with E-state index in [0.717, 1.165) is 42.9 Å². The monoisotopic (exact) mass is 419 g/mol. The predicted octanol–water partition coefficient (Wildman–Crippen LogP) is -2.97. The minimum absolute atomic E-state index is 0. The number of rotatable bonds is 10. The molecule has 1 aromatic carbocycles. The molecule has 2 rings (SSSR count). The fraction of sp³-hybridized carbons (Fsp3) is 0.389. The lowest BCUT2D eigenvalue weighted by Gasteiger charge is -2.13. The van der Waals surface area contributed by atoms with Gasteiger partial charge in [0.15, 0.2) is 11.5 Å². The van der Waals surface area contributed by atoms with Crippen molar-refractivity contribution < 1.29 is 34.3 Å². The van der Waals surface area contributed by atoms with Crippen molar-refractivity contribution >= 4 is 11.6 Å². The van der Waals surface area contributed by atoms with Crippen LogP contribution in [0.2, 0.25) is 5.15 Å². The van der Waals surface area contributed by atoms with Gasteiger partial charge in [0.2, 0.25) is 0 Å². The van der Waals surface area contributed by atoms with Crippen molar-refractivity contribution in [3.05, 3.63) is 52.8 Å². The van der Waals surface area contributed by atoms with Crippen molar-refractivity contribution in [3.63, 3.8) is 0 Å². The molecule has 0 aliphatic rings. The van der Waals surface area contributed by atoms with Crippen LogP contribution < -0.4 is 44.9 Å². The largest absolute Gasteiger partial charge is 1.00 e. The first-order chi connectivity index (χ1) is 11.7. The zero-order valence-corrected chi connectivity index (χ0v) is 17.2. The summed E-state index contributed by atoms with van der Waals surface area (Å²) in [7, 11) is 3.61. The molecule has 1 aromatic heterocycles.